The largest absolute Gasteiger partial charge is 0.265 e. The maximum Gasteiger partial charge on any atom is 0.265 e. The van der Waals surface area contributed by atoms with Crippen molar-refractivity contribution in [2.24, 2.45) is 5.92 Å². The van der Waals surface area contributed by atoms with E-state index in [0.717, 1.165) is 33.2 Å². The van der Waals surface area contributed by atoms with E-state index in [0.29, 0.717) is 17.4 Å². The molecule has 53 heavy (non-hydrogen) atoms. The number of hydrogen-bond donors (Lipinski definition) is 0. The van der Waals surface area contributed by atoms with Crippen LogP contribution in [0.5, 0.6) is 0 Å². The Labute approximate surface area is 363 Å². The van der Waals surface area contributed by atoms with Gasteiger partial charge in [0.25, 0.3) is 10.0 Å². The number of hydrogen-bond acceptors (Lipinski definition) is 5. The van der Waals surface area contributed by atoms with Crippen LogP contribution >= 0.6 is 163 Å². The number of nitrogens with zero attached hydrogens (tertiary/aromatic N) is 1. The molecule has 0 aliphatic carbocycles. The highest BCUT2D eigenvalue weighted by atomic mass is 33.4. The number of anilines is 1. The Morgan fingerprint density at radius 3 is 1.68 bits per heavy atom. The van der Waals surface area contributed by atoms with E-state index in [-0.39, 0.29) is 48.9 Å². The Balaban J connectivity index is 0.000000399. The van der Waals surface area contributed by atoms with Gasteiger partial charge in [0.2, 0.25) is 0 Å². The third-order valence-electron chi connectivity index (χ3n) is 8.62. The van der Waals surface area contributed by atoms with Gasteiger partial charge in [0, 0.05) is 26.1 Å². The van der Waals surface area contributed by atoms with Gasteiger partial charge < -0.3 is 0 Å². The van der Waals surface area contributed by atoms with Crippen molar-refractivity contribution in [3.8, 4) is 19.5 Å². The first-order chi connectivity index (χ1) is 25.0. The number of unbranched alkanes of at least 4 members (excludes halogenated alkanes) is 8. The van der Waals surface area contributed by atoms with E-state index in [1.807, 2.05) is 13.0 Å². The molecule has 0 fully saturated rings. The van der Waals surface area contributed by atoms with E-state index in [4.69, 9.17) is 0 Å². The summed E-state index contributed by atoms with van der Waals surface area (Å²) in [5, 5.41) is 0. The van der Waals surface area contributed by atoms with Crippen LogP contribution < -0.4 is 4.31 Å². The molecule has 0 aromatic carbocycles. The summed E-state index contributed by atoms with van der Waals surface area (Å²) >= 11 is 5.16. The Morgan fingerprint density at radius 2 is 1.17 bits per heavy atom. The van der Waals surface area contributed by atoms with E-state index in [2.05, 4.69) is 119 Å². The molecule has 3 nitrogen and oxygen atoms in total. The molecule has 3 aromatic rings. The molecule has 0 radical (unpaired) electrons. The summed E-state index contributed by atoms with van der Waals surface area (Å²) in [5.74, 6) is 0.402. The molecule has 23 heteroatoms. The molecule has 4 heterocycles. The molecule has 12 atom stereocenters. The zero-order valence-corrected chi connectivity index (χ0v) is 51.2. The van der Waals surface area contributed by atoms with E-state index in [9.17, 15) is 8.42 Å². The number of fused-ring (bicyclic) bond motifs is 3. The van der Waals surface area contributed by atoms with Crippen LogP contribution in [-0.2, 0) is 10.0 Å². The third-order valence-corrected chi connectivity index (χ3v) is 110. The quantitative estimate of drug-likeness (QED) is 0.0787. The Morgan fingerprint density at radius 1 is 0.623 bits per heavy atom. The molecule has 3 aromatic heterocycles. The summed E-state index contributed by atoms with van der Waals surface area (Å²) in [4.78, 5) is 7.33. The van der Waals surface area contributed by atoms with Gasteiger partial charge in [-0.15, -0.1) is 114 Å². The monoisotopic (exact) mass is 1090 g/mol. The van der Waals surface area contributed by atoms with Gasteiger partial charge in [-0.3, -0.25) is 4.31 Å². The molecule has 0 saturated heterocycles. The summed E-state index contributed by atoms with van der Waals surface area (Å²) in [6.45, 7) is 10.0. The SMILES string of the molecule is CCCCCCCCC(CCCCCC)CN1c2cc(-c3ccc(C)s3)sc2-c2sc(C)cc2S1(=O)=O.PP(P)P(P)P(P(P)P)P(P(P)P)P(P)P. The van der Waals surface area contributed by atoms with Crippen LogP contribution in [0.3, 0.4) is 0 Å². The molecule has 0 amide bonds. The predicted octanol–water partition coefficient (Wildman–Crippen LogP) is 19.6. The normalized spacial score (nSPS) is 15.6. The molecule has 0 bridgehead atoms. The number of thiophene rings is 3. The second-order valence-corrected chi connectivity index (χ2v) is 80.2. The maximum absolute atomic E-state index is 14.0. The number of sulfonamides is 1. The van der Waals surface area contributed by atoms with Crippen molar-refractivity contribution < 1.29 is 8.42 Å². The highest BCUT2D eigenvalue weighted by Crippen LogP contribution is 3.24. The van der Waals surface area contributed by atoms with Crippen LogP contribution in [0, 0.1) is 19.8 Å². The van der Waals surface area contributed by atoms with Gasteiger partial charge in [0.1, 0.15) is 4.90 Å². The van der Waals surface area contributed by atoms with Gasteiger partial charge in [0.05, 0.1) is 15.4 Å². The highest BCUT2D eigenvalue weighted by Gasteiger charge is 2.39. The summed E-state index contributed by atoms with van der Waals surface area (Å²) in [6.07, 6.45) is 14.9. The van der Waals surface area contributed by atoms with Crippen LogP contribution in [0.15, 0.2) is 29.2 Å². The summed E-state index contributed by atoms with van der Waals surface area (Å²) in [5.41, 5.74) is 0.905. The zero-order chi connectivity index (χ0) is 39.5. The van der Waals surface area contributed by atoms with Gasteiger partial charge in [-0.2, -0.15) is 0 Å². The fraction of sp³-hybridized carbons (Fsp3) is 0.600. The van der Waals surface area contributed by atoms with Crippen molar-refractivity contribution in [2.75, 3.05) is 10.8 Å². The molecule has 0 saturated carbocycles. The number of rotatable bonds is 21. The number of aryl methyl sites for hydroxylation is 2. The first-order valence-electron chi connectivity index (χ1n) is 17.7. The molecule has 1 aliphatic rings. The summed E-state index contributed by atoms with van der Waals surface area (Å²) in [6, 6.07) is 8.37. The first kappa shape index (κ1) is 53.1. The fourth-order valence-electron chi connectivity index (χ4n) is 6.01. The van der Waals surface area contributed by atoms with Crippen molar-refractivity contribution >= 4 is 179 Å². The fourth-order valence-corrected chi connectivity index (χ4v) is 175. The average molecular weight is 1090 g/mol. The topological polar surface area (TPSA) is 37.4 Å². The van der Waals surface area contributed by atoms with Crippen molar-refractivity contribution in [2.45, 2.75) is 110 Å². The summed E-state index contributed by atoms with van der Waals surface area (Å²) in [7, 11) is 24.2. The molecule has 12 unspecified atom stereocenters. The van der Waals surface area contributed by atoms with Gasteiger partial charge in [-0.25, -0.2) is 8.42 Å². The second kappa shape index (κ2) is 27.1. The molecule has 1 aliphatic heterocycles. The van der Waals surface area contributed by atoms with Crippen LogP contribution in [0.25, 0.3) is 19.5 Å². The minimum atomic E-state index is -3.56. The van der Waals surface area contributed by atoms with E-state index >= 15 is 0 Å². The van der Waals surface area contributed by atoms with E-state index in [1.54, 1.807) is 38.3 Å². The van der Waals surface area contributed by atoms with Crippen LogP contribution in [-0.4, -0.2) is 15.0 Å². The van der Waals surface area contributed by atoms with Crippen molar-refractivity contribution in [3.05, 3.63) is 34.0 Å². The van der Waals surface area contributed by atoms with Gasteiger partial charge in [0.15, 0.2) is 0 Å². The van der Waals surface area contributed by atoms with Crippen molar-refractivity contribution in [1.29, 1.82) is 0 Å². The molecular formula is C30H61NO2P16S4. The van der Waals surface area contributed by atoms with Gasteiger partial charge in [-0.1, -0.05) is 78.1 Å². The van der Waals surface area contributed by atoms with E-state index in [1.165, 1.54) is 78.8 Å². The van der Waals surface area contributed by atoms with Crippen LogP contribution in [0.4, 0.5) is 5.69 Å². The molecule has 4 rings (SSSR count). The van der Waals surface area contributed by atoms with Crippen LogP contribution in [0.1, 0.15) is 101 Å². The van der Waals surface area contributed by atoms with Gasteiger partial charge >= 0.3 is 0 Å². The Hall–Kier alpha value is 5.73. The van der Waals surface area contributed by atoms with Crippen molar-refractivity contribution in [3.63, 3.8) is 0 Å². The third kappa shape index (κ3) is 16.3. The average Bonchev–Trinajstić information content (AvgIpc) is 3.82. The molecule has 302 valence electrons. The highest BCUT2D eigenvalue weighted by molar-refractivity contribution is 9.30. The summed E-state index contributed by atoms with van der Waals surface area (Å²) < 4.78 is 29.9. The molecule has 0 N–H and O–H groups in total. The van der Waals surface area contributed by atoms with Crippen molar-refractivity contribution in [1.82, 2.24) is 0 Å². The minimum Gasteiger partial charge on any atom is -0.264 e. The lowest BCUT2D eigenvalue weighted by Gasteiger charge is -2.40. The molecular weight excluding hydrogens is 1030 g/mol. The van der Waals surface area contributed by atoms with E-state index < -0.39 is 10.0 Å². The lowest BCUT2D eigenvalue weighted by Crippen LogP contribution is -2.37. The minimum absolute atomic E-state index is 0.0635. The predicted molar refractivity (Wildman–Crippen MR) is 301 cm³/mol. The maximum atomic E-state index is 14.0. The Kier molecular flexibility index (Phi) is 27.2. The standard InChI is InChI=1S/C30H43NO2S4.H18P16/c1-5-7-9-11-12-14-16-24(15-13-10-8-6-2)21-31-25-20-27(26-18-17-22(3)34-26)36-29(25)30-28(37(31,32)33)19-23(4)35-30;1-10(2)14(9)16(13(7)8)15(11(3)4)12(5)6/h17-20,24H,5-16,21H2,1-4H3;1-9H2. The van der Waals surface area contributed by atoms with Gasteiger partial charge in [-0.05, 0) is 106 Å². The first-order valence-corrected chi connectivity index (χ1v) is 49.8. The Bertz CT molecular complexity index is 1630. The smallest absolute Gasteiger partial charge is 0.264 e. The molecule has 0 spiro atoms. The lowest BCUT2D eigenvalue weighted by molar-refractivity contribution is 0.411. The second-order valence-electron chi connectivity index (χ2n) is 13.0. The zero-order valence-electron chi connectivity index (χ0n) is 31.3. The van der Waals surface area contributed by atoms with Crippen LogP contribution in [0.2, 0.25) is 0 Å². The lowest BCUT2D eigenvalue weighted by atomic mass is 9.94.